The van der Waals surface area contributed by atoms with Gasteiger partial charge in [-0.05, 0) is 98.6 Å². The first-order valence-electron chi connectivity index (χ1n) is 14.1. The average Bonchev–Trinajstić information content (AvgIpc) is 3.04. The van der Waals surface area contributed by atoms with Gasteiger partial charge in [-0.15, -0.1) is 0 Å². The molecule has 0 N–H and O–H groups in total. The molecular formula is C40H30O6. The molecule has 0 radical (unpaired) electrons. The van der Waals surface area contributed by atoms with Crippen LogP contribution in [0.2, 0.25) is 0 Å². The molecule has 0 heterocycles. The minimum Gasteiger partial charge on any atom is -0.423 e. The summed E-state index contributed by atoms with van der Waals surface area (Å²) in [6.07, 6.45) is 0. The number of carbonyl (C=O) groups is 3. The van der Waals surface area contributed by atoms with Crippen molar-refractivity contribution in [3.63, 3.8) is 0 Å². The fraction of sp³-hybridized carbons (Fsp3) is 0.0750. The summed E-state index contributed by atoms with van der Waals surface area (Å²) in [6, 6.07) is 26.8. The van der Waals surface area contributed by atoms with Gasteiger partial charge in [0.2, 0.25) is 0 Å². The molecule has 0 aliphatic heterocycles. The molecule has 0 unspecified atom stereocenters. The highest BCUT2D eigenvalue weighted by atomic mass is 16.5. The third-order valence-corrected chi connectivity index (χ3v) is 6.27. The number of ether oxygens (including phenoxy) is 3. The van der Waals surface area contributed by atoms with Crippen molar-refractivity contribution in [1.29, 1.82) is 0 Å². The Hall–Kier alpha value is -6.37. The van der Waals surface area contributed by atoms with Crippen LogP contribution in [0, 0.1) is 23.7 Å². The summed E-state index contributed by atoms with van der Waals surface area (Å²) in [5.74, 6) is 11.9. The summed E-state index contributed by atoms with van der Waals surface area (Å²) in [5, 5.41) is 0. The van der Waals surface area contributed by atoms with E-state index in [4.69, 9.17) is 14.2 Å². The highest BCUT2D eigenvalue weighted by molar-refractivity contribution is 5.90. The summed E-state index contributed by atoms with van der Waals surface area (Å²) >= 11 is 0. The van der Waals surface area contributed by atoms with Gasteiger partial charge >= 0.3 is 17.9 Å². The molecule has 0 saturated carbocycles. The molecule has 0 aliphatic rings. The minimum atomic E-state index is -0.575. The van der Waals surface area contributed by atoms with E-state index in [2.05, 4.69) is 43.4 Å². The van der Waals surface area contributed by atoms with Crippen molar-refractivity contribution in [2.45, 2.75) is 20.8 Å². The van der Waals surface area contributed by atoms with Crippen LogP contribution in [0.5, 0.6) is 17.2 Å². The van der Waals surface area contributed by atoms with Gasteiger partial charge in [0, 0.05) is 33.4 Å². The molecule has 0 aromatic heterocycles. The molecule has 6 nitrogen and oxygen atoms in total. The quantitative estimate of drug-likeness (QED) is 0.0933. The van der Waals surface area contributed by atoms with Crippen molar-refractivity contribution >= 4 is 17.9 Å². The fourth-order valence-electron chi connectivity index (χ4n) is 3.71. The monoisotopic (exact) mass is 606 g/mol. The number of hydrogen-bond donors (Lipinski definition) is 0. The van der Waals surface area contributed by atoms with Crippen molar-refractivity contribution in [3.05, 3.63) is 150 Å². The van der Waals surface area contributed by atoms with Crippen LogP contribution >= 0.6 is 0 Å². The van der Waals surface area contributed by atoms with Crippen molar-refractivity contribution < 1.29 is 28.6 Å². The van der Waals surface area contributed by atoms with Crippen LogP contribution in [0.3, 0.4) is 0 Å². The van der Waals surface area contributed by atoms with E-state index < -0.39 is 17.9 Å². The van der Waals surface area contributed by atoms with Gasteiger partial charge in [0.05, 0.1) is 5.56 Å². The van der Waals surface area contributed by atoms with Crippen molar-refractivity contribution in [2.24, 2.45) is 0 Å². The molecule has 226 valence electrons. The number of esters is 3. The second kappa shape index (κ2) is 14.9. The number of benzene rings is 4. The first kappa shape index (κ1) is 32.5. The zero-order valence-corrected chi connectivity index (χ0v) is 25.7. The predicted molar refractivity (Wildman–Crippen MR) is 178 cm³/mol. The Balaban J connectivity index is 1.51. The first-order chi connectivity index (χ1) is 22.0. The third kappa shape index (κ3) is 9.07. The number of hydrogen-bond acceptors (Lipinski definition) is 6. The fourth-order valence-corrected chi connectivity index (χ4v) is 3.71. The molecule has 0 spiro atoms. The highest BCUT2D eigenvalue weighted by Crippen LogP contribution is 2.24. The van der Waals surface area contributed by atoms with Crippen LogP contribution in [-0.2, 0) is 14.4 Å². The molecule has 0 amide bonds. The zero-order chi connectivity index (χ0) is 33.2. The Bertz CT molecular complexity index is 1970. The van der Waals surface area contributed by atoms with E-state index in [1.54, 1.807) is 75.4 Å². The Labute approximate surface area is 268 Å². The van der Waals surface area contributed by atoms with Crippen LogP contribution in [0.15, 0.2) is 127 Å². The van der Waals surface area contributed by atoms with Gasteiger partial charge in [-0.1, -0.05) is 67.7 Å². The summed E-state index contributed by atoms with van der Waals surface area (Å²) in [6.45, 7) is 15.6. The van der Waals surface area contributed by atoms with Crippen molar-refractivity contribution in [3.8, 4) is 52.1 Å². The van der Waals surface area contributed by atoms with Gasteiger partial charge in [0.1, 0.15) is 17.2 Å². The second-order valence-corrected chi connectivity index (χ2v) is 10.3. The topological polar surface area (TPSA) is 78.9 Å². The molecule has 4 rings (SSSR count). The Morgan fingerprint density at radius 3 is 1.35 bits per heavy atom. The van der Waals surface area contributed by atoms with Gasteiger partial charge in [-0.25, -0.2) is 14.4 Å². The Morgan fingerprint density at radius 2 is 0.848 bits per heavy atom. The normalized spacial score (nSPS) is 9.80. The summed E-state index contributed by atoms with van der Waals surface area (Å²) in [5.41, 5.74) is 5.39. The van der Waals surface area contributed by atoms with Crippen LogP contribution in [-0.4, -0.2) is 17.9 Å². The van der Waals surface area contributed by atoms with Crippen LogP contribution in [0.1, 0.15) is 43.0 Å². The molecule has 4 aromatic rings. The summed E-state index contributed by atoms with van der Waals surface area (Å²) in [4.78, 5) is 35.8. The maximum absolute atomic E-state index is 12.4. The lowest BCUT2D eigenvalue weighted by molar-refractivity contribution is -0.130. The van der Waals surface area contributed by atoms with Crippen molar-refractivity contribution in [2.75, 3.05) is 0 Å². The van der Waals surface area contributed by atoms with Crippen molar-refractivity contribution in [1.82, 2.24) is 0 Å². The molecule has 0 bridgehead atoms. The Kier molecular flexibility index (Phi) is 10.5. The van der Waals surface area contributed by atoms with Gasteiger partial charge in [-0.2, -0.15) is 0 Å². The van der Waals surface area contributed by atoms with E-state index in [1.807, 2.05) is 36.4 Å². The maximum atomic E-state index is 12.4. The maximum Gasteiger partial charge on any atom is 0.338 e. The summed E-state index contributed by atoms with van der Waals surface area (Å²) < 4.78 is 16.0. The summed E-state index contributed by atoms with van der Waals surface area (Å²) in [7, 11) is 0. The highest BCUT2D eigenvalue weighted by Gasteiger charge is 2.11. The molecule has 0 fully saturated rings. The predicted octanol–water partition coefficient (Wildman–Crippen LogP) is 7.60. The molecule has 0 saturated heterocycles. The standard InChI is InChI=1S/C40H30O6/c1-26(2)38(41)44-35-21-13-30(14-22-35)11-17-34-18-12-31(25-37(34)46-40(43)28(5)6)8-7-29-9-15-32(16-10-29)33-19-23-36(24-20-33)45-39(42)27(3)4/h9-10,12-16,18-25H,1,3,5H2,2,4,6H3. The molecular weight excluding hydrogens is 576 g/mol. The second-order valence-electron chi connectivity index (χ2n) is 10.3. The van der Waals surface area contributed by atoms with E-state index >= 15 is 0 Å². The molecule has 46 heavy (non-hydrogen) atoms. The van der Waals surface area contributed by atoms with Gasteiger partial charge < -0.3 is 14.2 Å². The van der Waals surface area contributed by atoms with E-state index in [0.29, 0.717) is 39.3 Å². The smallest absolute Gasteiger partial charge is 0.338 e. The zero-order valence-electron chi connectivity index (χ0n) is 25.7. The molecule has 0 atom stereocenters. The van der Waals surface area contributed by atoms with Crippen LogP contribution in [0.25, 0.3) is 11.1 Å². The first-order valence-corrected chi connectivity index (χ1v) is 14.1. The average molecular weight is 607 g/mol. The molecule has 6 heteroatoms. The van der Waals surface area contributed by atoms with Gasteiger partial charge in [-0.3, -0.25) is 0 Å². The lowest BCUT2D eigenvalue weighted by Crippen LogP contribution is -2.09. The van der Waals surface area contributed by atoms with Gasteiger partial charge in [0.25, 0.3) is 0 Å². The van der Waals surface area contributed by atoms with Crippen LogP contribution in [0.4, 0.5) is 0 Å². The van der Waals surface area contributed by atoms with Gasteiger partial charge in [0.15, 0.2) is 0 Å². The largest absolute Gasteiger partial charge is 0.423 e. The van der Waals surface area contributed by atoms with E-state index in [1.165, 1.54) is 0 Å². The number of carbonyl (C=O) groups excluding carboxylic acids is 3. The Morgan fingerprint density at radius 1 is 0.478 bits per heavy atom. The molecule has 0 aliphatic carbocycles. The van der Waals surface area contributed by atoms with E-state index in [0.717, 1.165) is 16.7 Å². The number of rotatable bonds is 7. The van der Waals surface area contributed by atoms with E-state index in [9.17, 15) is 14.4 Å². The van der Waals surface area contributed by atoms with Crippen LogP contribution < -0.4 is 14.2 Å². The minimum absolute atomic E-state index is 0.248. The lowest BCUT2D eigenvalue weighted by Gasteiger charge is -2.07. The molecule has 4 aromatic carbocycles. The third-order valence-electron chi connectivity index (χ3n) is 6.27. The lowest BCUT2D eigenvalue weighted by atomic mass is 10.0. The SMILES string of the molecule is C=C(C)C(=O)Oc1ccc(C#Cc2ccc(C#Cc3ccc(-c4ccc(OC(=O)C(=C)C)cc4)cc3)cc2OC(=O)C(=C)C)cc1. The van der Waals surface area contributed by atoms with E-state index in [-0.39, 0.29) is 11.3 Å².